The van der Waals surface area contributed by atoms with Crippen molar-refractivity contribution < 1.29 is 35.6 Å². The fourth-order valence-electron chi connectivity index (χ4n) is 2.71. The van der Waals surface area contributed by atoms with E-state index in [2.05, 4.69) is 10.0 Å². The molecule has 0 fully saturated rings. The predicted molar refractivity (Wildman–Crippen MR) is 112 cm³/mol. The van der Waals surface area contributed by atoms with Gasteiger partial charge in [-0.15, -0.1) is 0 Å². The number of carbonyl (C=O) groups is 2. The Labute approximate surface area is 186 Å². The third kappa shape index (κ3) is 6.67. The van der Waals surface area contributed by atoms with Crippen molar-refractivity contribution in [3.8, 4) is 0 Å². The van der Waals surface area contributed by atoms with E-state index in [1.807, 2.05) is 0 Å². The third-order valence-electron chi connectivity index (χ3n) is 4.31. The maximum absolute atomic E-state index is 12.5. The van der Waals surface area contributed by atoms with Gasteiger partial charge in [0, 0.05) is 5.56 Å². The molecule has 174 valence electrons. The van der Waals surface area contributed by atoms with Crippen molar-refractivity contribution in [2.24, 2.45) is 0 Å². The van der Waals surface area contributed by atoms with Gasteiger partial charge < -0.3 is 15.1 Å². The molecule has 0 saturated heterocycles. The van der Waals surface area contributed by atoms with Gasteiger partial charge in [-0.25, -0.2) is 13.1 Å². The van der Waals surface area contributed by atoms with Gasteiger partial charge in [0.1, 0.15) is 12.3 Å². The highest BCUT2D eigenvalue weighted by Crippen LogP contribution is 2.19. The summed E-state index contributed by atoms with van der Waals surface area (Å²) in [6.45, 7) is -1.57. The Kier molecular flexibility index (Phi) is 7.19. The van der Waals surface area contributed by atoms with E-state index < -0.39 is 34.6 Å². The first-order valence-corrected chi connectivity index (χ1v) is 10.9. The van der Waals surface area contributed by atoms with E-state index in [0.29, 0.717) is 5.76 Å². The molecular weight excluding hydrogens is 463 g/mol. The first kappa shape index (κ1) is 24.0. The van der Waals surface area contributed by atoms with Crippen LogP contribution >= 0.6 is 0 Å². The van der Waals surface area contributed by atoms with Gasteiger partial charge in [0.05, 0.1) is 29.0 Å². The molecule has 3 N–H and O–H groups in total. The number of carbonyl (C=O) groups excluding carboxylic acids is 2. The van der Waals surface area contributed by atoms with Gasteiger partial charge in [0.25, 0.3) is 11.8 Å². The van der Waals surface area contributed by atoms with Crippen LogP contribution in [-0.2, 0) is 16.6 Å². The highest BCUT2D eigenvalue weighted by molar-refractivity contribution is 7.89. The second-order valence-electron chi connectivity index (χ2n) is 6.73. The lowest BCUT2D eigenvalue weighted by atomic mass is 10.1. The van der Waals surface area contributed by atoms with Crippen LogP contribution in [0, 0.1) is 0 Å². The highest BCUT2D eigenvalue weighted by atomic mass is 32.2. The fourth-order valence-corrected chi connectivity index (χ4v) is 3.70. The summed E-state index contributed by atoms with van der Waals surface area (Å²) >= 11 is 0. The summed E-state index contributed by atoms with van der Waals surface area (Å²) in [6.07, 6.45) is -3.17. The number of hydrogen-bond donors (Lipinski definition) is 3. The number of sulfonamides is 1. The second kappa shape index (κ2) is 9.88. The minimum absolute atomic E-state index is 0.000938. The molecule has 0 unspecified atom stereocenters. The van der Waals surface area contributed by atoms with Crippen LogP contribution in [0.5, 0.6) is 0 Å². The number of hydrogen-bond acceptors (Lipinski definition) is 5. The number of halogens is 3. The lowest BCUT2D eigenvalue weighted by Crippen LogP contribution is -2.34. The minimum Gasteiger partial charge on any atom is -0.468 e. The number of para-hydroxylation sites is 1. The molecule has 0 spiro atoms. The van der Waals surface area contributed by atoms with Crippen LogP contribution in [0.2, 0.25) is 0 Å². The van der Waals surface area contributed by atoms with Crippen LogP contribution in [-0.4, -0.2) is 33.0 Å². The largest absolute Gasteiger partial charge is 0.468 e. The standard InChI is InChI=1S/C21H18F3N3O5S/c22-21(23,24)13-25-20(29)17-5-1-2-6-18(17)27-19(28)14-7-9-16(10-8-14)33(30,31)26-12-15-4-3-11-32-15/h1-11,26H,12-13H2,(H,25,29)(H,27,28). The van der Waals surface area contributed by atoms with E-state index >= 15 is 0 Å². The Morgan fingerprint density at radius 1 is 0.909 bits per heavy atom. The van der Waals surface area contributed by atoms with Gasteiger partial charge in [-0.3, -0.25) is 9.59 Å². The van der Waals surface area contributed by atoms with E-state index in [4.69, 9.17) is 4.42 Å². The molecule has 0 aliphatic heterocycles. The average Bonchev–Trinajstić information content (AvgIpc) is 3.30. The molecule has 0 atom stereocenters. The molecule has 1 aromatic heterocycles. The van der Waals surface area contributed by atoms with Crippen molar-refractivity contribution in [2.45, 2.75) is 17.6 Å². The molecule has 3 aromatic rings. The van der Waals surface area contributed by atoms with E-state index in [0.717, 1.165) is 0 Å². The molecule has 2 amide bonds. The second-order valence-corrected chi connectivity index (χ2v) is 8.49. The monoisotopic (exact) mass is 481 g/mol. The Morgan fingerprint density at radius 3 is 2.24 bits per heavy atom. The number of rotatable bonds is 8. The summed E-state index contributed by atoms with van der Waals surface area (Å²) in [5.74, 6) is -1.27. The first-order chi connectivity index (χ1) is 15.5. The van der Waals surface area contributed by atoms with E-state index in [1.54, 1.807) is 17.4 Å². The predicted octanol–water partition coefficient (Wildman–Crippen LogP) is 3.30. The topological polar surface area (TPSA) is 118 Å². The number of nitrogens with one attached hydrogen (secondary N) is 3. The number of furan rings is 1. The normalized spacial score (nSPS) is 11.7. The van der Waals surface area contributed by atoms with Crippen LogP contribution in [0.4, 0.5) is 18.9 Å². The Balaban J connectivity index is 1.68. The lowest BCUT2D eigenvalue weighted by molar-refractivity contribution is -0.123. The first-order valence-electron chi connectivity index (χ1n) is 9.42. The van der Waals surface area contributed by atoms with Gasteiger partial charge in [-0.05, 0) is 48.5 Å². The molecule has 0 radical (unpaired) electrons. The zero-order chi connectivity index (χ0) is 24.1. The van der Waals surface area contributed by atoms with Crippen molar-refractivity contribution in [3.63, 3.8) is 0 Å². The Bertz CT molecular complexity index is 1220. The number of amides is 2. The summed E-state index contributed by atoms with van der Waals surface area (Å²) in [5.41, 5.74) is -0.0825. The van der Waals surface area contributed by atoms with Crippen molar-refractivity contribution in [3.05, 3.63) is 83.8 Å². The van der Waals surface area contributed by atoms with E-state index in [-0.39, 0.29) is 28.3 Å². The fraction of sp³-hybridized carbons (Fsp3) is 0.143. The maximum atomic E-state index is 12.5. The van der Waals surface area contributed by atoms with Crippen LogP contribution in [0.1, 0.15) is 26.5 Å². The van der Waals surface area contributed by atoms with Crippen molar-refractivity contribution in [2.75, 3.05) is 11.9 Å². The van der Waals surface area contributed by atoms with Crippen molar-refractivity contribution in [1.29, 1.82) is 0 Å². The molecule has 1 heterocycles. The summed E-state index contributed by atoms with van der Waals surface area (Å²) < 4.78 is 69.3. The summed E-state index contributed by atoms with van der Waals surface area (Å²) in [7, 11) is -3.86. The average molecular weight is 481 g/mol. The van der Waals surface area contributed by atoms with Gasteiger partial charge >= 0.3 is 6.18 Å². The van der Waals surface area contributed by atoms with Crippen molar-refractivity contribution >= 4 is 27.5 Å². The summed E-state index contributed by atoms with van der Waals surface area (Å²) in [4.78, 5) is 24.6. The summed E-state index contributed by atoms with van der Waals surface area (Å²) in [6, 6.07) is 13.8. The molecule has 0 aliphatic rings. The molecule has 8 nitrogen and oxygen atoms in total. The zero-order valence-electron chi connectivity index (χ0n) is 16.8. The molecular formula is C21H18F3N3O5S. The number of benzene rings is 2. The highest BCUT2D eigenvalue weighted by Gasteiger charge is 2.28. The Hall–Kier alpha value is -3.64. The maximum Gasteiger partial charge on any atom is 0.405 e. The van der Waals surface area contributed by atoms with E-state index in [9.17, 15) is 31.2 Å². The smallest absolute Gasteiger partial charge is 0.405 e. The van der Waals surface area contributed by atoms with Crippen molar-refractivity contribution in [1.82, 2.24) is 10.0 Å². The van der Waals surface area contributed by atoms with Gasteiger partial charge in [0.15, 0.2) is 0 Å². The molecule has 3 rings (SSSR count). The Morgan fingerprint density at radius 2 is 1.61 bits per heavy atom. The SMILES string of the molecule is O=C(Nc1ccccc1C(=O)NCC(F)(F)F)c1ccc(S(=O)(=O)NCc2ccco2)cc1. The van der Waals surface area contributed by atoms with Crippen LogP contribution in [0.15, 0.2) is 76.2 Å². The van der Waals surface area contributed by atoms with Crippen LogP contribution in [0.3, 0.4) is 0 Å². The lowest BCUT2D eigenvalue weighted by Gasteiger charge is -2.13. The van der Waals surface area contributed by atoms with Crippen LogP contribution in [0.25, 0.3) is 0 Å². The quantitative estimate of drug-likeness (QED) is 0.456. The van der Waals surface area contributed by atoms with Gasteiger partial charge in [0.2, 0.25) is 10.0 Å². The molecule has 0 bridgehead atoms. The summed E-state index contributed by atoms with van der Waals surface area (Å²) in [5, 5.41) is 4.19. The van der Waals surface area contributed by atoms with Gasteiger partial charge in [-0.1, -0.05) is 12.1 Å². The number of alkyl halides is 3. The molecule has 0 aliphatic carbocycles. The molecule has 0 saturated carbocycles. The molecule has 2 aromatic carbocycles. The van der Waals surface area contributed by atoms with E-state index in [1.165, 1.54) is 54.8 Å². The number of anilines is 1. The molecule has 33 heavy (non-hydrogen) atoms. The van der Waals surface area contributed by atoms with Crippen LogP contribution < -0.4 is 15.4 Å². The zero-order valence-corrected chi connectivity index (χ0v) is 17.7. The minimum atomic E-state index is -4.58. The third-order valence-corrected chi connectivity index (χ3v) is 5.73. The van der Waals surface area contributed by atoms with Gasteiger partial charge in [-0.2, -0.15) is 13.2 Å². The molecule has 12 heteroatoms.